The molecule has 0 fully saturated rings. The number of aryl methyl sites for hydroxylation is 1. The molecule has 0 saturated heterocycles. The summed E-state index contributed by atoms with van der Waals surface area (Å²) in [4.78, 5) is 26.6. The van der Waals surface area contributed by atoms with Crippen LogP contribution in [0.25, 0.3) is 0 Å². The molecule has 102 valence electrons. The van der Waals surface area contributed by atoms with Crippen LogP contribution in [0.2, 0.25) is 0 Å². The van der Waals surface area contributed by atoms with Crippen LogP contribution in [-0.4, -0.2) is 22.0 Å². The lowest BCUT2D eigenvalue weighted by atomic mass is 10.2. The quantitative estimate of drug-likeness (QED) is 0.901. The van der Waals surface area contributed by atoms with E-state index in [1.54, 1.807) is 13.0 Å². The summed E-state index contributed by atoms with van der Waals surface area (Å²) in [7, 11) is 0. The van der Waals surface area contributed by atoms with Gasteiger partial charge in [-0.15, -0.1) is 0 Å². The van der Waals surface area contributed by atoms with Crippen LogP contribution in [0, 0.1) is 12.7 Å². The number of hydrogen-bond acceptors (Lipinski definition) is 3. The monoisotopic (exact) mass is 274 g/mol. The number of halogens is 1. The molecular formula is C14H11FN2O3. The number of rotatable bonds is 3. The number of nitrogens with zero attached hydrogens (tertiary/aromatic N) is 1. The third kappa shape index (κ3) is 2.97. The summed E-state index contributed by atoms with van der Waals surface area (Å²) in [6.07, 6.45) is 1.48. The predicted molar refractivity (Wildman–Crippen MR) is 70.3 cm³/mol. The van der Waals surface area contributed by atoms with Crippen molar-refractivity contribution in [3.05, 3.63) is 59.2 Å². The molecule has 0 aliphatic heterocycles. The van der Waals surface area contributed by atoms with E-state index >= 15 is 0 Å². The molecule has 20 heavy (non-hydrogen) atoms. The lowest BCUT2D eigenvalue weighted by Gasteiger charge is -2.07. The van der Waals surface area contributed by atoms with Gasteiger partial charge in [-0.2, -0.15) is 0 Å². The number of aromatic nitrogens is 1. The van der Waals surface area contributed by atoms with Gasteiger partial charge in [0.1, 0.15) is 5.82 Å². The highest BCUT2D eigenvalue weighted by Gasteiger charge is 2.12. The van der Waals surface area contributed by atoms with Gasteiger partial charge in [0, 0.05) is 17.5 Å². The fourth-order valence-electron chi connectivity index (χ4n) is 1.63. The Hall–Kier alpha value is -2.76. The molecule has 1 aromatic carbocycles. The van der Waals surface area contributed by atoms with E-state index in [9.17, 15) is 14.0 Å². The first-order valence-corrected chi connectivity index (χ1v) is 5.74. The summed E-state index contributed by atoms with van der Waals surface area (Å²) in [5.74, 6) is -2.52. The topological polar surface area (TPSA) is 79.3 Å². The highest BCUT2D eigenvalue weighted by molar-refractivity contribution is 6.04. The molecule has 0 spiro atoms. The lowest BCUT2D eigenvalue weighted by molar-refractivity contribution is 0.0696. The molecule has 5 nitrogen and oxygen atoms in total. The van der Waals surface area contributed by atoms with Gasteiger partial charge >= 0.3 is 5.97 Å². The molecule has 0 unspecified atom stereocenters. The molecule has 1 aromatic heterocycles. The molecule has 0 atom stereocenters. The summed E-state index contributed by atoms with van der Waals surface area (Å²) in [5, 5.41) is 11.1. The van der Waals surface area contributed by atoms with E-state index in [1.165, 1.54) is 24.4 Å². The number of benzene rings is 1. The number of carboxylic acid groups (broad SMARTS) is 1. The van der Waals surface area contributed by atoms with Gasteiger partial charge in [0.15, 0.2) is 0 Å². The molecule has 1 heterocycles. The second-order valence-electron chi connectivity index (χ2n) is 4.14. The average Bonchev–Trinajstić information content (AvgIpc) is 2.40. The Bertz CT molecular complexity index is 686. The number of carboxylic acids is 1. The van der Waals surface area contributed by atoms with E-state index in [0.29, 0.717) is 11.3 Å². The summed E-state index contributed by atoms with van der Waals surface area (Å²) < 4.78 is 13.7. The zero-order valence-corrected chi connectivity index (χ0v) is 10.6. The van der Waals surface area contributed by atoms with Gasteiger partial charge in [-0.25, -0.2) is 9.18 Å². The standard InChI is InChI=1S/C14H11FN2O3/c1-8-6-9(4-5-16-8)13(18)17-12-3-2-10(14(19)20)7-11(12)15/h2-7H,1H3,(H,17,18)(H,19,20). The average molecular weight is 274 g/mol. The Balaban J connectivity index is 2.22. The maximum Gasteiger partial charge on any atom is 0.335 e. The van der Waals surface area contributed by atoms with Crippen LogP contribution >= 0.6 is 0 Å². The Kier molecular flexibility index (Phi) is 3.74. The number of aromatic carboxylic acids is 1. The highest BCUT2D eigenvalue weighted by Crippen LogP contribution is 2.17. The van der Waals surface area contributed by atoms with Crippen molar-refractivity contribution in [1.29, 1.82) is 0 Å². The molecule has 6 heteroatoms. The molecule has 2 rings (SSSR count). The number of carbonyl (C=O) groups is 2. The largest absolute Gasteiger partial charge is 0.478 e. The Morgan fingerprint density at radius 1 is 1.20 bits per heavy atom. The minimum Gasteiger partial charge on any atom is -0.478 e. The number of hydrogen-bond donors (Lipinski definition) is 2. The summed E-state index contributed by atoms with van der Waals surface area (Å²) in [6, 6.07) is 6.37. The Labute approximate surface area is 114 Å². The second-order valence-corrected chi connectivity index (χ2v) is 4.14. The van der Waals surface area contributed by atoms with E-state index in [4.69, 9.17) is 5.11 Å². The third-order valence-electron chi connectivity index (χ3n) is 2.62. The fourth-order valence-corrected chi connectivity index (χ4v) is 1.63. The van der Waals surface area contributed by atoms with Crippen LogP contribution in [0.15, 0.2) is 36.5 Å². The molecule has 0 aliphatic rings. The van der Waals surface area contributed by atoms with Crippen molar-refractivity contribution in [1.82, 2.24) is 4.98 Å². The van der Waals surface area contributed by atoms with Crippen molar-refractivity contribution in [3.63, 3.8) is 0 Å². The molecule has 2 aromatic rings. The SMILES string of the molecule is Cc1cc(C(=O)Nc2ccc(C(=O)O)cc2F)ccn1. The van der Waals surface area contributed by atoms with Gasteiger partial charge in [-0.05, 0) is 37.3 Å². The fraction of sp³-hybridized carbons (Fsp3) is 0.0714. The summed E-state index contributed by atoms with van der Waals surface area (Å²) >= 11 is 0. The van der Waals surface area contributed by atoms with E-state index in [-0.39, 0.29) is 11.3 Å². The van der Waals surface area contributed by atoms with Crippen LogP contribution in [0.1, 0.15) is 26.4 Å². The molecule has 0 radical (unpaired) electrons. The summed E-state index contributed by atoms with van der Waals surface area (Å²) in [6.45, 7) is 1.74. The predicted octanol–water partition coefficient (Wildman–Crippen LogP) is 2.48. The van der Waals surface area contributed by atoms with Crippen molar-refractivity contribution in [3.8, 4) is 0 Å². The Morgan fingerprint density at radius 3 is 2.55 bits per heavy atom. The normalized spacial score (nSPS) is 10.1. The third-order valence-corrected chi connectivity index (χ3v) is 2.62. The number of carbonyl (C=O) groups excluding carboxylic acids is 1. The molecule has 0 aliphatic carbocycles. The Morgan fingerprint density at radius 2 is 1.95 bits per heavy atom. The van der Waals surface area contributed by atoms with E-state index in [0.717, 1.165) is 6.07 Å². The maximum atomic E-state index is 13.7. The van der Waals surface area contributed by atoms with Gasteiger partial charge in [0.05, 0.1) is 11.3 Å². The first kappa shape index (κ1) is 13.7. The van der Waals surface area contributed by atoms with Gasteiger partial charge in [-0.1, -0.05) is 0 Å². The van der Waals surface area contributed by atoms with Gasteiger partial charge in [-0.3, -0.25) is 9.78 Å². The first-order valence-electron chi connectivity index (χ1n) is 5.74. The van der Waals surface area contributed by atoms with Gasteiger partial charge in [0.25, 0.3) is 5.91 Å². The maximum absolute atomic E-state index is 13.7. The smallest absolute Gasteiger partial charge is 0.335 e. The van der Waals surface area contributed by atoms with Crippen LogP contribution in [0.3, 0.4) is 0 Å². The zero-order chi connectivity index (χ0) is 14.7. The second kappa shape index (κ2) is 5.48. The lowest BCUT2D eigenvalue weighted by Crippen LogP contribution is -2.13. The van der Waals surface area contributed by atoms with Crippen molar-refractivity contribution in [2.45, 2.75) is 6.92 Å². The molecule has 0 bridgehead atoms. The van der Waals surface area contributed by atoms with Gasteiger partial charge < -0.3 is 10.4 Å². The van der Waals surface area contributed by atoms with Crippen LogP contribution in [-0.2, 0) is 0 Å². The first-order chi connectivity index (χ1) is 9.47. The molecular weight excluding hydrogens is 263 g/mol. The van der Waals surface area contributed by atoms with Crippen LogP contribution in [0.5, 0.6) is 0 Å². The van der Waals surface area contributed by atoms with Gasteiger partial charge in [0.2, 0.25) is 0 Å². The minimum atomic E-state index is -1.23. The molecule has 1 amide bonds. The summed E-state index contributed by atoms with van der Waals surface area (Å²) in [5.41, 5.74) is 0.758. The zero-order valence-electron chi connectivity index (χ0n) is 10.6. The van der Waals surface area contributed by atoms with Crippen molar-refractivity contribution in [2.75, 3.05) is 5.32 Å². The van der Waals surface area contributed by atoms with Crippen LogP contribution in [0.4, 0.5) is 10.1 Å². The minimum absolute atomic E-state index is 0.0746. The van der Waals surface area contributed by atoms with E-state index < -0.39 is 17.7 Å². The van der Waals surface area contributed by atoms with Crippen LogP contribution < -0.4 is 5.32 Å². The van der Waals surface area contributed by atoms with Crippen molar-refractivity contribution < 1.29 is 19.1 Å². The number of pyridine rings is 1. The number of anilines is 1. The van der Waals surface area contributed by atoms with E-state index in [1.807, 2.05) is 0 Å². The number of amides is 1. The number of nitrogens with one attached hydrogen (secondary N) is 1. The highest BCUT2D eigenvalue weighted by atomic mass is 19.1. The van der Waals surface area contributed by atoms with E-state index in [2.05, 4.69) is 10.3 Å². The molecule has 2 N–H and O–H groups in total. The molecule has 0 saturated carbocycles. The van der Waals surface area contributed by atoms with Crippen molar-refractivity contribution >= 4 is 17.6 Å². The van der Waals surface area contributed by atoms with Crippen molar-refractivity contribution in [2.24, 2.45) is 0 Å².